The van der Waals surface area contributed by atoms with E-state index in [0.717, 1.165) is 53.8 Å². The number of hydrogen-bond donors (Lipinski definition) is 4. The normalized spacial score (nSPS) is 11.4. The predicted molar refractivity (Wildman–Crippen MR) is 140 cm³/mol. The van der Waals surface area contributed by atoms with Crippen molar-refractivity contribution in [3.63, 3.8) is 0 Å². The number of rotatable bonds is 12. The Bertz CT molecular complexity index is 1170. The fourth-order valence-electron chi connectivity index (χ4n) is 3.88. The fraction of sp³-hybridized carbons (Fsp3) is 0.214. The Hall–Kier alpha value is -4.46. The topological polar surface area (TPSA) is 133 Å². The van der Waals surface area contributed by atoms with Crippen LogP contribution in [0.4, 0.5) is 11.4 Å². The van der Waals surface area contributed by atoms with Gasteiger partial charge in [0.1, 0.15) is 0 Å². The Morgan fingerprint density at radius 2 is 1.17 bits per heavy atom. The van der Waals surface area contributed by atoms with Crippen LogP contribution in [0.1, 0.15) is 44.2 Å². The summed E-state index contributed by atoms with van der Waals surface area (Å²) >= 11 is 0. The summed E-state index contributed by atoms with van der Waals surface area (Å²) in [6, 6.07) is 14.7. The van der Waals surface area contributed by atoms with Crippen LogP contribution in [0.2, 0.25) is 0 Å². The van der Waals surface area contributed by atoms with Crippen molar-refractivity contribution >= 4 is 40.7 Å². The van der Waals surface area contributed by atoms with Crippen molar-refractivity contribution in [2.24, 2.45) is 0 Å². The van der Waals surface area contributed by atoms with Gasteiger partial charge in [0.2, 0.25) is 11.8 Å². The Morgan fingerprint density at radius 3 is 1.56 bits per heavy atom. The van der Waals surface area contributed by atoms with Crippen molar-refractivity contribution in [2.75, 3.05) is 10.6 Å². The summed E-state index contributed by atoms with van der Waals surface area (Å²) in [5, 5.41) is 22.5. The summed E-state index contributed by atoms with van der Waals surface area (Å²) < 4.78 is 0. The molecule has 188 valence electrons. The van der Waals surface area contributed by atoms with Crippen molar-refractivity contribution in [1.29, 1.82) is 0 Å². The minimum atomic E-state index is -1.19. The molecule has 0 bridgehead atoms. The molecule has 0 aliphatic rings. The second-order valence-electron chi connectivity index (χ2n) is 8.24. The lowest BCUT2D eigenvalue weighted by Gasteiger charge is -2.33. The van der Waals surface area contributed by atoms with Crippen LogP contribution < -0.4 is 10.6 Å². The molecule has 0 spiro atoms. The molecule has 0 saturated carbocycles. The van der Waals surface area contributed by atoms with Crippen LogP contribution in [0, 0.1) is 0 Å². The highest BCUT2D eigenvalue weighted by Crippen LogP contribution is 2.40. The average Bonchev–Trinajstić information content (AvgIpc) is 2.85. The van der Waals surface area contributed by atoms with Gasteiger partial charge in [-0.05, 0) is 65.6 Å². The molecule has 0 atom stereocenters. The summed E-state index contributed by atoms with van der Waals surface area (Å²) in [7, 11) is 0. The zero-order chi connectivity index (χ0) is 26.7. The van der Waals surface area contributed by atoms with Crippen LogP contribution in [0.5, 0.6) is 0 Å². The molecule has 0 aromatic heterocycles. The van der Waals surface area contributed by atoms with Crippen molar-refractivity contribution in [3.05, 3.63) is 90.5 Å². The van der Waals surface area contributed by atoms with Gasteiger partial charge in [0, 0.05) is 35.7 Å². The number of benzene rings is 2. The first-order chi connectivity index (χ1) is 17.1. The Kier molecular flexibility index (Phi) is 9.92. The maximum atomic E-state index is 11.8. The maximum absolute atomic E-state index is 11.8. The third-order valence-corrected chi connectivity index (χ3v) is 5.99. The smallest absolute Gasteiger partial charge is 0.328 e. The molecule has 0 aliphatic carbocycles. The summed E-state index contributed by atoms with van der Waals surface area (Å²) in [6.45, 7) is 8.52. The molecular formula is C28H30N2O6. The van der Waals surface area contributed by atoms with Crippen molar-refractivity contribution in [3.8, 4) is 0 Å². The summed E-state index contributed by atoms with van der Waals surface area (Å²) in [5.41, 5.74) is 3.88. The van der Waals surface area contributed by atoms with Crippen LogP contribution in [-0.4, -0.2) is 34.0 Å². The molecule has 8 nitrogen and oxygen atoms in total. The van der Waals surface area contributed by atoms with E-state index in [0.29, 0.717) is 17.8 Å². The van der Waals surface area contributed by atoms with Crippen LogP contribution in [-0.2, 0) is 24.6 Å². The van der Waals surface area contributed by atoms with E-state index in [4.69, 9.17) is 10.2 Å². The Labute approximate surface area is 210 Å². The van der Waals surface area contributed by atoms with E-state index in [9.17, 15) is 19.2 Å². The number of anilines is 2. The first kappa shape index (κ1) is 27.8. The van der Waals surface area contributed by atoms with E-state index in [2.05, 4.69) is 31.1 Å². The molecule has 2 aromatic rings. The molecular weight excluding hydrogens is 460 g/mol. The molecule has 2 amide bonds. The molecule has 2 aromatic carbocycles. The van der Waals surface area contributed by atoms with E-state index in [1.807, 2.05) is 24.3 Å². The standard InChI is InChI=1S/C28H30N2O6/c1-4-28(5-2,21-8-12-23(13-9-21)30-25(32)15-17-27(35)36)18-19(3)20-6-10-22(11-7-20)29-24(31)14-16-26(33)34/h6-17H,3-5,18H2,1-2H3,(H,29,31)(H,30,32)(H,33,34)(H,35,36). The molecule has 0 saturated heterocycles. The van der Waals surface area contributed by atoms with Gasteiger partial charge < -0.3 is 20.8 Å². The minimum Gasteiger partial charge on any atom is -0.478 e. The van der Waals surface area contributed by atoms with E-state index < -0.39 is 23.8 Å². The lowest BCUT2D eigenvalue weighted by molar-refractivity contribution is -0.132. The third kappa shape index (κ3) is 8.09. The molecule has 0 aliphatic heterocycles. The summed E-state index contributed by atoms with van der Waals surface area (Å²) in [5.74, 6) is -3.44. The number of nitrogens with one attached hydrogen (secondary N) is 2. The summed E-state index contributed by atoms with van der Waals surface area (Å²) in [6.07, 6.45) is 5.89. The number of hydrogen-bond acceptors (Lipinski definition) is 4. The first-order valence-electron chi connectivity index (χ1n) is 11.4. The molecule has 8 heteroatoms. The van der Waals surface area contributed by atoms with Gasteiger partial charge in [0.25, 0.3) is 0 Å². The fourth-order valence-corrected chi connectivity index (χ4v) is 3.88. The predicted octanol–water partition coefficient (Wildman–Crippen LogP) is 5.01. The molecule has 0 unspecified atom stereocenters. The van der Waals surface area contributed by atoms with Gasteiger partial charge in [-0.1, -0.05) is 44.7 Å². The van der Waals surface area contributed by atoms with E-state index in [-0.39, 0.29) is 5.41 Å². The number of amides is 2. The zero-order valence-corrected chi connectivity index (χ0v) is 20.3. The monoisotopic (exact) mass is 490 g/mol. The Morgan fingerprint density at radius 1 is 0.750 bits per heavy atom. The van der Waals surface area contributed by atoms with E-state index in [1.54, 1.807) is 24.3 Å². The molecule has 0 heterocycles. The van der Waals surface area contributed by atoms with Crippen LogP contribution in [0.25, 0.3) is 5.57 Å². The van der Waals surface area contributed by atoms with Gasteiger partial charge in [0.15, 0.2) is 0 Å². The van der Waals surface area contributed by atoms with Gasteiger partial charge >= 0.3 is 11.9 Å². The number of carboxylic acids is 2. The van der Waals surface area contributed by atoms with Crippen LogP contribution in [0.15, 0.2) is 79.4 Å². The lowest BCUT2D eigenvalue weighted by atomic mass is 9.71. The van der Waals surface area contributed by atoms with Gasteiger partial charge in [-0.25, -0.2) is 9.59 Å². The highest BCUT2D eigenvalue weighted by molar-refractivity contribution is 6.03. The van der Waals surface area contributed by atoms with E-state index >= 15 is 0 Å². The summed E-state index contributed by atoms with van der Waals surface area (Å²) in [4.78, 5) is 44.7. The molecule has 0 radical (unpaired) electrons. The van der Waals surface area contributed by atoms with Gasteiger partial charge in [-0.15, -0.1) is 0 Å². The van der Waals surface area contributed by atoms with Gasteiger partial charge in [-0.3, -0.25) is 9.59 Å². The van der Waals surface area contributed by atoms with Gasteiger partial charge in [-0.2, -0.15) is 0 Å². The lowest BCUT2D eigenvalue weighted by Crippen LogP contribution is -2.25. The van der Waals surface area contributed by atoms with Crippen molar-refractivity contribution in [2.45, 2.75) is 38.5 Å². The quantitative estimate of drug-likeness (QED) is 0.309. The SMILES string of the molecule is C=C(CC(CC)(CC)c1ccc(NC(=O)C=CC(=O)O)cc1)c1ccc(NC(=O)C=CC(=O)O)cc1. The van der Waals surface area contributed by atoms with Crippen molar-refractivity contribution in [1.82, 2.24) is 0 Å². The number of carboxylic acid groups (broad SMARTS) is 2. The molecule has 4 N–H and O–H groups in total. The molecule has 0 fully saturated rings. The molecule has 36 heavy (non-hydrogen) atoms. The second-order valence-corrected chi connectivity index (χ2v) is 8.24. The zero-order valence-electron chi connectivity index (χ0n) is 20.3. The largest absolute Gasteiger partial charge is 0.478 e. The van der Waals surface area contributed by atoms with E-state index in [1.165, 1.54) is 0 Å². The second kappa shape index (κ2) is 12.9. The Balaban J connectivity index is 2.12. The number of allylic oxidation sites excluding steroid dienone is 1. The number of aliphatic carboxylic acids is 2. The van der Waals surface area contributed by atoms with Gasteiger partial charge in [0.05, 0.1) is 0 Å². The molecule has 2 rings (SSSR count). The highest BCUT2D eigenvalue weighted by atomic mass is 16.4. The number of carbonyl (C=O) groups excluding carboxylic acids is 2. The minimum absolute atomic E-state index is 0.183. The van der Waals surface area contributed by atoms with Crippen LogP contribution in [0.3, 0.4) is 0 Å². The average molecular weight is 491 g/mol. The highest BCUT2D eigenvalue weighted by Gasteiger charge is 2.29. The maximum Gasteiger partial charge on any atom is 0.328 e. The number of carbonyl (C=O) groups is 4. The van der Waals surface area contributed by atoms with Crippen molar-refractivity contribution < 1.29 is 29.4 Å². The van der Waals surface area contributed by atoms with Crippen LogP contribution >= 0.6 is 0 Å². The first-order valence-corrected chi connectivity index (χ1v) is 11.4. The third-order valence-electron chi connectivity index (χ3n) is 5.99.